The number of nitrogens with one attached hydrogen (secondary N) is 3. The van der Waals surface area contributed by atoms with Crippen LogP contribution in [-0.2, 0) is 11.2 Å². The number of carbonyl (C=O) groups is 1. The summed E-state index contributed by atoms with van der Waals surface area (Å²) in [5, 5.41) is 4.33. The summed E-state index contributed by atoms with van der Waals surface area (Å²) in [6, 6.07) is 16.7. The molecular weight excluding hydrogens is 362 g/mol. The van der Waals surface area contributed by atoms with Crippen molar-refractivity contribution >= 4 is 16.8 Å². The van der Waals surface area contributed by atoms with E-state index in [-0.39, 0.29) is 11.9 Å². The lowest BCUT2D eigenvalue weighted by Gasteiger charge is -2.32. The molecule has 1 atom stereocenters. The molecule has 5 nitrogen and oxygen atoms in total. The number of piperidine rings is 1. The van der Waals surface area contributed by atoms with Gasteiger partial charge in [-0.15, -0.1) is 0 Å². The van der Waals surface area contributed by atoms with Crippen molar-refractivity contribution in [2.75, 3.05) is 26.7 Å². The number of rotatable bonds is 7. The second-order valence-electron chi connectivity index (χ2n) is 7.89. The van der Waals surface area contributed by atoms with Gasteiger partial charge in [0.25, 0.3) is 0 Å². The number of quaternary nitrogens is 1. The molecule has 4 rings (SSSR count). The van der Waals surface area contributed by atoms with E-state index in [0.717, 1.165) is 35.3 Å². The summed E-state index contributed by atoms with van der Waals surface area (Å²) < 4.78 is 5.31. The Morgan fingerprint density at radius 3 is 2.62 bits per heavy atom. The third-order valence-electron chi connectivity index (χ3n) is 6.04. The van der Waals surface area contributed by atoms with Crippen molar-refractivity contribution in [3.63, 3.8) is 0 Å². The molecule has 3 N–H and O–H groups in total. The minimum Gasteiger partial charge on any atom is -0.497 e. The van der Waals surface area contributed by atoms with E-state index in [4.69, 9.17) is 4.74 Å². The van der Waals surface area contributed by atoms with Crippen molar-refractivity contribution in [3.8, 4) is 5.75 Å². The molecule has 1 saturated heterocycles. The summed E-state index contributed by atoms with van der Waals surface area (Å²) in [5.74, 6) is 0.939. The Balaban J connectivity index is 1.44. The van der Waals surface area contributed by atoms with E-state index in [1.807, 2.05) is 36.5 Å². The normalized spacial score (nSPS) is 15.9. The molecule has 0 unspecified atom stereocenters. The van der Waals surface area contributed by atoms with Crippen LogP contribution in [0, 0.1) is 0 Å². The van der Waals surface area contributed by atoms with Crippen LogP contribution in [0.2, 0.25) is 0 Å². The van der Waals surface area contributed by atoms with Crippen molar-refractivity contribution in [2.24, 2.45) is 0 Å². The summed E-state index contributed by atoms with van der Waals surface area (Å²) in [6.45, 7) is 2.98. The first-order valence-corrected chi connectivity index (χ1v) is 10.5. The molecule has 1 aliphatic heterocycles. The Labute approximate surface area is 172 Å². The van der Waals surface area contributed by atoms with Gasteiger partial charge in [0.2, 0.25) is 5.91 Å². The van der Waals surface area contributed by atoms with Crippen LogP contribution in [-0.4, -0.2) is 37.6 Å². The van der Waals surface area contributed by atoms with Gasteiger partial charge in [0.05, 0.1) is 33.2 Å². The van der Waals surface area contributed by atoms with Crippen molar-refractivity contribution in [1.29, 1.82) is 0 Å². The topological polar surface area (TPSA) is 58.6 Å². The van der Waals surface area contributed by atoms with Crippen molar-refractivity contribution in [1.82, 2.24) is 10.3 Å². The molecule has 1 fully saturated rings. The quantitative estimate of drug-likeness (QED) is 0.579. The second-order valence-corrected chi connectivity index (χ2v) is 7.89. The van der Waals surface area contributed by atoms with E-state index in [1.54, 1.807) is 12.0 Å². The van der Waals surface area contributed by atoms with E-state index < -0.39 is 0 Å². The highest BCUT2D eigenvalue weighted by atomic mass is 16.5. The van der Waals surface area contributed by atoms with Crippen LogP contribution in [0.5, 0.6) is 5.75 Å². The molecule has 1 aromatic heterocycles. The number of carbonyl (C=O) groups excluding carboxylic acids is 1. The van der Waals surface area contributed by atoms with Gasteiger partial charge in [0, 0.05) is 22.7 Å². The zero-order valence-electron chi connectivity index (χ0n) is 17.0. The van der Waals surface area contributed by atoms with Crippen molar-refractivity contribution < 1.29 is 14.4 Å². The Bertz CT molecular complexity index is 942. The monoisotopic (exact) mass is 392 g/mol. The maximum Gasteiger partial charge on any atom is 0.224 e. The molecule has 0 aliphatic carbocycles. The maximum absolute atomic E-state index is 12.7. The van der Waals surface area contributed by atoms with Gasteiger partial charge in [-0.3, -0.25) is 4.79 Å². The van der Waals surface area contributed by atoms with E-state index in [0.29, 0.717) is 13.0 Å². The average molecular weight is 393 g/mol. The number of methoxy groups -OCH3 is 1. The summed E-state index contributed by atoms with van der Waals surface area (Å²) in [7, 11) is 1.69. The minimum absolute atomic E-state index is 0.0738. The SMILES string of the molecule is COc1ccc([C@@H](CNC(=O)Cc2c[nH]c3ccccc23)[NH+]2CCCCC2)cc1. The molecule has 0 bridgehead atoms. The number of hydrogen-bond donors (Lipinski definition) is 3. The van der Waals surface area contributed by atoms with Gasteiger partial charge in [-0.05, 0) is 55.2 Å². The fourth-order valence-electron chi connectivity index (χ4n) is 4.42. The fourth-order valence-corrected chi connectivity index (χ4v) is 4.42. The van der Waals surface area contributed by atoms with Crippen LogP contribution >= 0.6 is 0 Å². The number of ether oxygens (including phenoxy) is 1. The lowest BCUT2D eigenvalue weighted by atomic mass is 10.0. The van der Waals surface area contributed by atoms with Crippen LogP contribution in [0.3, 0.4) is 0 Å². The Hall–Kier alpha value is -2.79. The summed E-state index contributed by atoms with van der Waals surface area (Å²) in [6.07, 6.45) is 6.16. The number of benzene rings is 2. The Morgan fingerprint density at radius 2 is 1.86 bits per heavy atom. The molecule has 0 saturated carbocycles. The highest BCUT2D eigenvalue weighted by Gasteiger charge is 2.26. The Kier molecular flexibility index (Phi) is 6.15. The van der Waals surface area contributed by atoms with Gasteiger partial charge in [-0.25, -0.2) is 0 Å². The van der Waals surface area contributed by atoms with E-state index >= 15 is 0 Å². The number of hydrogen-bond acceptors (Lipinski definition) is 2. The van der Waals surface area contributed by atoms with Crippen LogP contribution in [0.1, 0.15) is 36.4 Å². The van der Waals surface area contributed by atoms with Gasteiger partial charge in [-0.2, -0.15) is 0 Å². The fraction of sp³-hybridized carbons (Fsp3) is 0.375. The molecule has 2 aromatic carbocycles. The predicted molar refractivity (Wildman–Crippen MR) is 115 cm³/mol. The van der Waals surface area contributed by atoms with E-state index in [1.165, 1.54) is 24.8 Å². The zero-order valence-corrected chi connectivity index (χ0v) is 17.0. The van der Waals surface area contributed by atoms with Gasteiger partial charge in [0.1, 0.15) is 11.8 Å². The average Bonchev–Trinajstić information content (AvgIpc) is 3.18. The van der Waals surface area contributed by atoms with E-state index in [2.05, 4.69) is 28.5 Å². The number of amides is 1. The highest BCUT2D eigenvalue weighted by molar-refractivity contribution is 5.88. The first-order chi connectivity index (χ1) is 14.2. The Morgan fingerprint density at radius 1 is 1.10 bits per heavy atom. The third-order valence-corrected chi connectivity index (χ3v) is 6.04. The number of likely N-dealkylation sites (tertiary alicyclic amines) is 1. The summed E-state index contributed by atoms with van der Waals surface area (Å²) in [5.41, 5.74) is 3.38. The number of aromatic nitrogens is 1. The van der Waals surface area contributed by atoms with Crippen LogP contribution in [0.25, 0.3) is 10.9 Å². The largest absolute Gasteiger partial charge is 0.497 e. The molecule has 5 heteroatoms. The highest BCUT2D eigenvalue weighted by Crippen LogP contribution is 2.19. The zero-order chi connectivity index (χ0) is 20.1. The number of aromatic amines is 1. The standard InChI is InChI=1S/C24H29N3O2/c1-29-20-11-9-18(10-12-20)23(27-13-5-2-6-14-27)17-26-24(28)15-19-16-25-22-8-4-3-7-21(19)22/h3-4,7-12,16,23,25H,2,5-6,13-15,17H2,1H3,(H,26,28)/p+1/t23-/m1/s1. The second kappa shape index (κ2) is 9.14. The first-order valence-electron chi connectivity index (χ1n) is 10.5. The smallest absolute Gasteiger partial charge is 0.224 e. The van der Waals surface area contributed by atoms with Crippen molar-refractivity contribution in [3.05, 3.63) is 65.9 Å². The molecule has 2 heterocycles. The molecule has 1 aliphatic rings. The summed E-state index contributed by atoms with van der Waals surface area (Å²) in [4.78, 5) is 17.5. The van der Waals surface area contributed by atoms with Gasteiger partial charge >= 0.3 is 0 Å². The molecule has 3 aromatic rings. The number of para-hydroxylation sites is 1. The molecule has 152 valence electrons. The molecular formula is C24H30N3O2+. The third kappa shape index (κ3) is 4.62. The molecule has 29 heavy (non-hydrogen) atoms. The molecule has 1 amide bonds. The molecule has 0 radical (unpaired) electrons. The maximum atomic E-state index is 12.7. The molecule has 0 spiro atoms. The van der Waals surface area contributed by atoms with Crippen LogP contribution in [0.15, 0.2) is 54.7 Å². The van der Waals surface area contributed by atoms with Gasteiger partial charge in [-0.1, -0.05) is 18.2 Å². The number of fused-ring (bicyclic) bond motifs is 1. The minimum atomic E-state index is 0.0738. The first kappa shape index (κ1) is 19.5. The predicted octanol–water partition coefficient (Wildman–Crippen LogP) is 2.65. The van der Waals surface area contributed by atoms with E-state index in [9.17, 15) is 4.79 Å². The van der Waals surface area contributed by atoms with Crippen LogP contribution in [0.4, 0.5) is 0 Å². The van der Waals surface area contributed by atoms with Gasteiger partial charge in [0.15, 0.2) is 0 Å². The number of H-pyrrole nitrogens is 1. The van der Waals surface area contributed by atoms with Crippen LogP contribution < -0.4 is 15.0 Å². The van der Waals surface area contributed by atoms with Crippen molar-refractivity contribution in [2.45, 2.75) is 31.7 Å². The lowest BCUT2D eigenvalue weighted by Crippen LogP contribution is -3.13. The van der Waals surface area contributed by atoms with Gasteiger partial charge < -0.3 is 19.9 Å². The lowest BCUT2D eigenvalue weighted by molar-refractivity contribution is -0.935. The summed E-state index contributed by atoms with van der Waals surface area (Å²) >= 11 is 0.